The summed E-state index contributed by atoms with van der Waals surface area (Å²) in [5.74, 6) is -0.375. The zero-order chi connectivity index (χ0) is 18.1. The molecule has 4 rings (SSSR count). The number of H-pyrrole nitrogens is 1. The number of aromatic amines is 1. The number of pyridine rings is 1. The van der Waals surface area contributed by atoms with E-state index in [4.69, 9.17) is 4.74 Å². The van der Waals surface area contributed by atoms with Crippen LogP contribution in [0, 0.1) is 0 Å². The lowest BCUT2D eigenvalue weighted by Gasteiger charge is -2.40. The van der Waals surface area contributed by atoms with E-state index >= 15 is 0 Å². The highest BCUT2D eigenvalue weighted by molar-refractivity contribution is 5.94. The lowest BCUT2D eigenvalue weighted by Crippen LogP contribution is -2.49. The molecule has 6 heteroatoms. The molecule has 3 N–H and O–H groups in total. The van der Waals surface area contributed by atoms with Crippen molar-refractivity contribution in [2.75, 3.05) is 20.2 Å². The average Bonchev–Trinajstić information content (AvgIpc) is 2.92. The van der Waals surface area contributed by atoms with Crippen molar-refractivity contribution in [1.82, 2.24) is 15.6 Å². The van der Waals surface area contributed by atoms with Gasteiger partial charge in [0.1, 0.15) is 5.56 Å². The van der Waals surface area contributed by atoms with Gasteiger partial charge < -0.3 is 20.4 Å². The maximum atomic E-state index is 12.8. The van der Waals surface area contributed by atoms with E-state index in [-0.39, 0.29) is 34.6 Å². The Morgan fingerprint density at radius 1 is 1.19 bits per heavy atom. The molecule has 1 aliphatic carbocycles. The predicted octanol–water partition coefficient (Wildman–Crippen LogP) is 1.50. The maximum Gasteiger partial charge on any atom is 0.260 e. The minimum Gasteiger partial charge on any atom is -0.378 e. The molecule has 1 amide bonds. The largest absolute Gasteiger partial charge is 0.378 e. The Kier molecular flexibility index (Phi) is 4.38. The number of carbonyl (C=O) groups excluding carboxylic acids is 1. The van der Waals surface area contributed by atoms with Crippen molar-refractivity contribution >= 4 is 5.91 Å². The first kappa shape index (κ1) is 17.0. The number of hydrogen-bond donors (Lipinski definition) is 3. The fourth-order valence-corrected chi connectivity index (χ4v) is 4.62. The number of hydrogen-bond acceptors (Lipinski definition) is 4. The molecule has 1 spiro atoms. The second kappa shape index (κ2) is 6.70. The Morgan fingerprint density at radius 2 is 1.96 bits per heavy atom. The van der Waals surface area contributed by atoms with E-state index in [1.807, 2.05) is 12.1 Å². The summed E-state index contributed by atoms with van der Waals surface area (Å²) >= 11 is 0. The number of carbonyl (C=O) groups is 1. The summed E-state index contributed by atoms with van der Waals surface area (Å²) in [6, 6.07) is 11.1. The SMILES string of the molecule is CO[C@H]1[C@H](NC(=O)c2ccc[nH]c2=O)c2ccccc2C12CCNCC2. The number of nitrogens with one attached hydrogen (secondary N) is 3. The first-order valence-electron chi connectivity index (χ1n) is 8.99. The number of fused-ring (bicyclic) bond motifs is 2. The zero-order valence-corrected chi connectivity index (χ0v) is 14.7. The summed E-state index contributed by atoms with van der Waals surface area (Å²) in [5.41, 5.74) is 1.95. The monoisotopic (exact) mass is 353 g/mol. The molecule has 136 valence electrons. The van der Waals surface area contributed by atoms with Crippen LogP contribution in [0.25, 0.3) is 0 Å². The van der Waals surface area contributed by atoms with Gasteiger partial charge in [0.15, 0.2) is 0 Å². The molecule has 1 aromatic carbocycles. The number of benzene rings is 1. The van der Waals surface area contributed by atoms with Gasteiger partial charge in [0, 0.05) is 18.7 Å². The summed E-state index contributed by atoms with van der Waals surface area (Å²) in [6.45, 7) is 1.85. The summed E-state index contributed by atoms with van der Waals surface area (Å²) in [4.78, 5) is 27.3. The van der Waals surface area contributed by atoms with Gasteiger partial charge in [-0.3, -0.25) is 9.59 Å². The number of amides is 1. The fourth-order valence-electron chi connectivity index (χ4n) is 4.62. The predicted molar refractivity (Wildman–Crippen MR) is 98.3 cm³/mol. The topological polar surface area (TPSA) is 83.2 Å². The molecule has 1 saturated heterocycles. The lowest BCUT2D eigenvalue weighted by molar-refractivity contribution is 0.00395. The molecule has 1 fully saturated rings. The van der Waals surface area contributed by atoms with Crippen LogP contribution in [0.4, 0.5) is 0 Å². The number of aromatic nitrogens is 1. The Labute approximate surface area is 152 Å². The second-order valence-corrected chi connectivity index (χ2v) is 7.01. The van der Waals surface area contributed by atoms with Crippen LogP contribution in [0.3, 0.4) is 0 Å². The van der Waals surface area contributed by atoms with E-state index < -0.39 is 0 Å². The standard InChI is InChI=1S/C20H23N3O3/c1-26-17-16(23-19(25)14-6-4-10-22-18(14)24)13-5-2-3-7-15(13)20(17)8-11-21-12-9-20/h2-7,10,16-17,21H,8-9,11-12H2,1H3,(H,22,24)(H,23,25)/t16-,17+/m1/s1. The number of ether oxygens (including phenoxy) is 1. The molecule has 2 atom stereocenters. The molecule has 26 heavy (non-hydrogen) atoms. The first-order chi connectivity index (χ1) is 12.7. The Morgan fingerprint density at radius 3 is 2.69 bits per heavy atom. The van der Waals surface area contributed by atoms with E-state index in [2.05, 4.69) is 27.8 Å². The van der Waals surface area contributed by atoms with Crippen LogP contribution >= 0.6 is 0 Å². The second-order valence-electron chi connectivity index (χ2n) is 7.01. The summed E-state index contributed by atoms with van der Waals surface area (Å²) in [7, 11) is 1.70. The average molecular weight is 353 g/mol. The van der Waals surface area contributed by atoms with Crippen LogP contribution < -0.4 is 16.2 Å². The van der Waals surface area contributed by atoms with Gasteiger partial charge in [0.25, 0.3) is 11.5 Å². The molecule has 2 heterocycles. The van der Waals surface area contributed by atoms with Crippen LogP contribution in [0.1, 0.15) is 40.4 Å². The van der Waals surface area contributed by atoms with Gasteiger partial charge in [-0.25, -0.2) is 0 Å². The number of methoxy groups -OCH3 is 1. The molecule has 1 aromatic heterocycles. The minimum atomic E-state index is -0.387. The van der Waals surface area contributed by atoms with Gasteiger partial charge in [-0.05, 0) is 49.2 Å². The number of rotatable bonds is 3. The minimum absolute atomic E-state index is 0.113. The van der Waals surface area contributed by atoms with Gasteiger partial charge in [-0.15, -0.1) is 0 Å². The molecule has 0 radical (unpaired) electrons. The Balaban J connectivity index is 1.73. The van der Waals surface area contributed by atoms with E-state index in [0.29, 0.717) is 0 Å². The normalized spacial score (nSPS) is 23.6. The maximum absolute atomic E-state index is 12.8. The molecule has 1 aliphatic heterocycles. The van der Waals surface area contributed by atoms with Crippen LogP contribution in [0.2, 0.25) is 0 Å². The summed E-state index contributed by atoms with van der Waals surface area (Å²) < 4.78 is 5.94. The van der Waals surface area contributed by atoms with Crippen molar-refractivity contribution in [2.45, 2.75) is 30.4 Å². The third-order valence-corrected chi connectivity index (χ3v) is 5.78. The van der Waals surface area contributed by atoms with E-state index in [1.54, 1.807) is 13.2 Å². The smallest absolute Gasteiger partial charge is 0.260 e. The third-order valence-electron chi connectivity index (χ3n) is 5.78. The molecular formula is C20H23N3O3. The van der Waals surface area contributed by atoms with Crippen LogP contribution in [-0.4, -0.2) is 37.2 Å². The van der Waals surface area contributed by atoms with Crippen molar-refractivity contribution in [2.24, 2.45) is 0 Å². The summed E-state index contributed by atoms with van der Waals surface area (Å²) in [5, 5.41) is 6.47. The van der Waals surface area contributed by atoms with Crippen LogP contribution in [-0.2, 0) is 10.2 Å². The fraction of sp³-hybridized carbons (Fsp3) is 0.400. The Hall–Kier alpha value is -2.44. The lowest BCUT2D eigenvalue weighted by atomic mass is 9.72. The van der Waals surface area contributed by atoms with Crippen molar-refractivity contribution in [3.05, 3.63) is 69.6 Å². The third kappa shape index (κ3) is 2.57. The van der Waals surface area contributed by atoms with Crippen molar-refractivity contribution in [3.63, 3.8) is 0 Å². The summed E-state index contributed by atoms with van der Waals surface area (Å²) in [6.07, 6.45) is 3.28. The van der Waals surface area contributed by atoms with E-state index in [1.165, 1.54) is 17.8 Å². The number of piperidine rings is 1. The van der Waals surface area contributed by atoms with Gasteiger partial charge in [-0.2, -0.15) is 0 Å². The highest BCUT2D eigenvalue weighted by atomic mass is 16.5. The molecule has 0 bridgehead atoms. The highest BCUT2D eigenvalue weighted by Gasteiger charge is 2.53. The van der Waals surface area contributed by atoms with Crippen LogP contribution in [0.5, 0.6) is 0 Å². The van der Waals surface area contributed by atoms with Gasteiger partial charge in [-0.1, -0.05) is 24.3 Å². The van der Waals surface area contributed by atoms with Gasteiger partial charge >= 0.3 is 0 Å². The molecular weight excluding hydrogens is 330 g/mol. The van der Waals surface area contributed by atoms with Crippen molar-refractivity contribution in [1.29, 1.82) is 0 Å². The van der Waals surface area contributed by atoms with Gasteiger partial charge in [0.05, 0.1) is 12.1 Å². The van der Waals surface area contributed by atoms with E-state index in [0.717, 1.165) is 31.5 Å². The highest BCUT2D eigenvalue weighted by Crippen LogP contribution is 2.51. The first-order valence-corrected chi connectivity index (χ1v) is 8.99. The molecule has 0 saturated carbocycles. The van der Waals surface area contributed by atoms with E-state index in [9.17, 15) is 9.59 Å². The van der Waals surface area contributed by atoms with Crippen molar-refractivity contribution < 1.29 is 9.53 Å². The molecule has 2 aliphatic rings. The molecule has 0 unspecified atom stereocenters. The molecule has 6 nitrogen and oxygen atoms in total. The molecule has 2 aromatic rings. The Bertz CT molecular complexity index is 870. The van der Waals surface area contributed by atoms with Crippen molar-refractivity contribution in [3.8, 4) is 0 Å². The zero-order valence-electron chi connectivity index (χ0n) is 14.7. The quantitative estimate of drug-likeness (QED) is 0.781. The van der Waals surface area contributed by atoms with Gasteiger partial charge in [0.2, 0.25) is 0 Å². The van der Waals surface area contributed by atoms with Crippen LogP contribution in [0.15, 0.2) is 47.4 Å².